The Balaban J connectivity index is 1.35. The maximum Gasteiger partial charge on any atom is 0.260 e. The molecule has 3 aromatic rings. The van der Waals surface area contributed by atoms with Crippen molar-refractivity contribution < 1.29 is 9.53 Å². The Bertz CT molecular complexity index is 937. The van der Waals surface area contributed by atoms with Crippen molar-refractivity contribution >= 4 is 5.91 Å². The second kappa shape index (κ2) is 8.90. The van der Waals surface area contributed by atoms with Gasteiger partial charge in [0.2, 0.25) is 0 Å². The van der Waals surface area contributed by atoms with Gasteiger partial charge >= 0.3 is 0 Å². The Morgan fingerprint density at radius 1 is 1.14 bits per heavy atom. The smallest absolute Gasteiger partial charge is 0.260 e. The molecular formula is C23H26N4O2. The summed E-state index contributed by atoms with van der Waals surface area (Å²) >= 11 is 0. The van der Waals surface area contributed by atoms with E-state index in [-0.39, 0.29) is 12.5 Å². The Hall–Kier alpha value is -3.15. The number of piperidine rings is 1. The quantitative estimate of drug-likeness (QED) is 0.647. The number of hydrogen-bond acceptors (Lipinski definition) is 4. The molecule has 4 rings (SSSR count). The van der Waals surface area contributed by atoms with Gasteiger partial charge in [0.05, 0.1) is 0 Å². The van der Waals surface area contributed by atoms with Crippen molar-refractivity contribution in [3.8, 4) is 11.4 Å². The predicted molar refractivity (Wildman–Crippen MR) is 111 cm³/mol. The molecule has 1 aliphatic rings. The Morgan fingerprint density at radius 2 is 1.93 bits per heavy atom. The van der Waals surface area contributed by atoms with Gasteiger partial charge in [0, 0.05) is 25.2 Å². The van der Waals surface area contributed by atoms with Crippen LogP contribution in [0.4, 0.5) is 0 Å². The number of carbonyl (C=O) groups excluding carboxylic acids is 1. The van der Waals surface area contributed by atoms with Crippen LogP contribution in [0.5, 0.6) is 5.75 Å². The van der Waals surface area contributed by atoms with Crippen molar-refractivity contribution in [2.24, 2.45) is 5.92 Å². The second-order valence-corrected chi connectivity index (χ2v) is 7.61. The maximum absolute atomic E-state index is 12.6. The van der Waals surface area contributed by atoms with Crippen LogP contribution in [0.3, 0.4) is 0 Å². The zero-order chi connectivity index (χ0) is 20.1. The van der Waals surface area contributed by atoms with E-state index in [4.69, 9.17) is 4.74 Å². The van der Waals surface area contributed by atoms with E-state index in [9.17, 15) is 4.79 Å². The fraction of sp³-hybridized carbons (Fsp3) is 0.348. The molecule has 6 nitrogen and oxygen atoms in total. The third kappa shape index (κ3) is 4.83. The minimum absolute atomic E-state index is 0.0415. The summed E-state index contributed by atoms with van der Waals surface area (Å²) in [5.74, 6) is 2.08. The molecular weight excluding hydrogens is 364 g/mol. The molecule has 2 aromatic carbocycles. The maximum atomic E-state index is 12.6. The third-order valence-electron chi connectivity index (χ3n) is 5.38. The van der Waals surface area contributed by atoms with E-state index in [1.54, 1.807) is 6.33 Å². The van der Waals surface area contributed by atoms with Gasteiger partial charge < -0.3 is 9.64 Å². The Morgan fingerprint density at radius 3 is 2.72 bits per heavy atom. The molecule has 0 N–H and O–H groups in total. The molecule has 2 heterocycles. The minimum atomic E-state index is 0.0415. The topological polar surface area (TPSA) is 60.2 Å². The zero-order valence-electron chi connectivity index (χ0n) is 16.7. The summed E-state index contributed by atoms with van der Waals surface area (Å²) in [5.41, 5.74) is 2.23. The summed E-state index contributed by atoms with van der Waals surface area (Å²) in [5, 5.41) is 8.42. The van der Waals surface area contributed by atoms with E-state index in [2.05, 4.69) is 10.2 Å². The van der Waals surface area contributed by atoms with Crippen LogP contribution in [-0.4, -0.2) is 45.3 Å². The van der Waals surface area contributed by atoms with Crippen LogP contribution < -0.4 is 4.74 Å². The summed E-state index contributed by atoms with van der Waals surface area (Å²) in [6.45, 7) is 3.63. The molecule has 0 spiro atoms. The lowest BCUT2D eigenvalue weighted by atomic mass is 9.94. The molecule has 1 fully saturated rings. The number of aromatic nitrogens is 3. The van der Waals surface area contributed by atoms with Crippen LogP contribution in [-0.2, 0) is 11.2 Å². The number of likely N-dealkylation sites (tertiary alicyclic amines) is 1. The molecule has 0 bridgehead atoms. The van der Waals surface area contributed by atoms with Gasteiger partial charge in [-0.2, -0.15) is 0 Å². The van der Waals surface area contributed by atoms with Gasteiger partial charge in [-0.05, 0) is 49.9 Å². The Labute approximate surface area is 171 Å². The fourth-order valence-corrected chi connectivity index (χ4v) is 3.79. The van der Waals surface area contributed by atoms with Crippen LogP contribution >= 0.6 is 0 Å². The van der Waals surface area contributed by atoms with E-state index in [1.807, 2.05) is 71.0 Å². The molecule has 0 radical (unpaired) electrons. The molecule has 1 aliphatic heterocycles. The highest BCUT2D eigenvalue weighted by Crippen LogP contribution is 2.22. The van der Waals surface area contributed by atoms with Gasteiger partial charge in [-0.25, -0.2) is 0 Å². The van der Waals surface area contributed by atoms with Gasteiger partial charge in [-0.15, -0.1) is 10.2 Å². The fourth-order valence-electron chi connectivity index (χ4n) is 3.79. The van der Waals surface area contributed by atoms with Gasteiger partial charge in [0.1, 0.15) is 17.9 Å². The number of amides is 1. The predicted octanol–water partition coefficient (Wildman–Crippen LogP) is 3.44. The standard InChI is InChI=1S/C23H26N4O2/c1-18-9-11-21(12-10-18)29-16-23(28)26-13-5-6-19(15-26)14-22-25-24-17-27(22)20-7-3-2-4-8-20/h2-4,7-12,17,19H,5-6,13-16H2,1H3. The van der Waals surface area contributed by atoms with Crippen LogP contribution in [0.2, 0.25) is 0 Å². The van der Waals surface area contributed by atoms with Crippen molar-refractivity contribution in [3.05, 3.63) is 72.3 Å². The SMILES string of the molecule is Cc1ccc(OCC(=O)N2CCCC(Cc3nncn3-c3ccccc3)C2)cc1. The molecule has 150 valence electrons. The average molecular weight is 390 g/mol. The van der Waals surface area contributed by atoms with Crippen LogP contribution in [0, 0.1) is 12.8 Å². The third-order valence-corrected chi connectivity index (χ3v) is 5.38. The zero-order valence-corrected chi connectivity index (χ0v) is 16.7. The molecule has 1 aromatic heterocycles. The van der Waals surface area contributed by atoms with Crippen molar-refractivity contribution in [2.75, 3.05) is 19.7 Å². The molecule has 0 aliphatic carbocycles. The lowest BCUT2D eigenvalue weighted by Gasteiger charge is -2.32. The summed E-state index contributed by atoms with van der Waals surface area (Å²) in [7, 11) is 0. The number of nitrogens with zero attached hydrogens (tertiary/aromatic N) is 4. The largest absolute Gasteiger partial charge is 0.484 e. The number of benzene rings is 2. The number of ether oxygens (including phenoxy) is 1. The molecule has 0 saturated carbocycles. The van der Waals surface area contributed by atoms with E-state index in [0.717, 1.165) is 49.6 Å². The minimum Gasteiger partial charge on any atom is -0.484 e. The molecule has 1 amide bonds. The lowest BCUT2D eigenvalue weighted by molar-refractivity contribution is -0.135. The van der Waals surface area contributed by atoms with Crippen molar-refractivity contribution in [1.82, 2.24) is 19.7 Å². The van der Waals surface area contributed by atoms with Crippen molar-refractivity contribution in [3.63, 3.8) is 0 Å². The van der Waals surface area contributed by atoms with Gasteiger partial charge in [0.15, 0.2) is 6.61 Å². The van der Waals surface area contributed by atoms with E-state index in [0.29, 0.717) is 5.92 Å². The highest BCUT2D eigenvalue weighted by Gasteiger charge is 2.25. The first kappa shape index (κ1) is 19.2. The van der Waals surface area contributed by atoms with Crippen LogP contribution in [0.25, 0.3) is 5.69 Å². The number of aryl methyl sites for hydroxylation is 1. The number of carbonyl (C=O) groups is 1. The second-order valence-electron chi connectivity index (χ2n) is 7.61. The first-order chi connectivity index (χ1) is 14.2. The Kier molecular flexibility index (Phi) is 5.89. The molecule has 1 saturated heterocycles. The van der Waals surface area contributed by atoms with Crippen molar-refractivity contribution in [2.45, 2.75) is 26.2 Å². The molecule has 6 heteroatoms. The number of para-hydroxylation sites is 1. The van der Waals surface area contributed by atoms with E-state index < -0.39 is 0 Å². The van der Waals surface area contributed by atoms with E-state index in [1.165, 1.54) is 5.56 Å². The van der Waals surface area contributed by atoms with Crippen LogP contribution in [0.1, 0.15) is 24.2 Å². The first-order valence-corrected chi connectivity index (χ1v) is 10.1. The number of rotatable bonds is 6. The van der Waals surface area contributed by atoms with Gasteiger partial charge in [-0.3, -0.25) is 9.36 Å². The summed E-state index contributed by atoms with van der Waals surface area (Å²) < 4.78 is 7.71. The van der Waals surface area contributed by atoms with Gasteiger partial charge in [-0.1, -0.05) is 35.9 Å². The molecule has 1 atom stereocenters. The van der Waals surface area contributed by atoms with Gasteiger partial charge in [0.25, 0.3) is 5.91 Å². The number of hydrogen-bond donors (Lipinski definition) is 0. The monoisotopic (exact) mass is 390 g/mol. The summed E-state index contributed by atoms with van der Waals surface area (Å²) in [6, 6.07) is 17.9. The molecule has 29 heavy (non-hydrogen) atoms. The summed E-state index contributed by atoms with van der Waals surface area (Å²) in [4.78, 5) is 14.6. The average Bonchev–Trinajstić information content (AvgIpc) is 3.22. The van der Waals surface area contributed by atoms with E-state index >= 15 is 0 Å². The highest BCUT2D eigenvalue weighted by molar-refractivity contribution is 5.77. The summed E-state index contributed by atoms with van der Waals surface area (Å²) in [6.07, 6.45) is 4.65. The highest BCUT2D eigenvalue weighted by atomic mass is 16.5. The lowest BCUT2D eigenvalue weighted by Crippen LogP contribution is -2.42. The normalized spacial score (nSPS) is 16.6. The van der Waals surface area contributed by atoms with Crippen LogP contribution in [0.15, 0.2) is 60.9 Å². The van der Waals surface area contributed by atoms with Crippen molar-refractivity contribution in [1.29, 1.82) is 0 Å². The molecule has 1 unspecified atom stereocenters. The first-order valence-electron chi connectivity index (χ1n) is 10.1.